The first-order valence-electron chi connectivity index (χ1n) is 7.22. The highest BCUT2D eigenvalue weighted by Gasteiger charge is 2.06. The number of carbonyl (C=O) groups excluding carboxylic acids is 1. The Kier molecular flexibility index (Phi) is 5.90. The highest BCUT2D eigenvalue weighted by molar-refractivity contribution is 7.09. The molecule has 0 atom stereocenters. The van der Waals surface area contributed by atoms with Gasteiger partial charge in [0, 0.05) is 36.5 Å². The minimum absolute atomic E-state index is 0.0619. The average Bonchev–Trinajstić information content (AvgIpc) is 2.92. The fraction of sp³-hybridized carbons (Fsp3) is 0.375. The highest BCUT2D eigenvalue weighted by atomic mass is 32.1. The molecule has 0 saturated carbocycles. The van der Waals surface area contributed by atoms with Gasteiger partial charge in [-0.25, -0.2) is 4.98 Å². The molecule has 112 valence electrons. The fourth-order valence-corrected chi connectivity index (χ4v) is 2.82. The average molecular weight is 303 g/mol. The van der Waals surface area contributed by atoms with Gasteiger partial charge in [-0.1, -0.05) is 19.1 Å². The summed E-state index contributed by atoms with van der Waals surface area (Å²) in [6.07, 6.45) is 2.11. The Morgan fingerprint density at radius 2 is 2.19 bits per heavy atom. The maximum atomic E-state index is 11.1. The number of hydrogen-bond acceptors (Lipinski definition) is 4. The number of hydrogen-bond donors (Lipinski definition) is 2. The van der Waals surface area contributed by atoms with E-state index in [1.807, 2.05) is 24.3 Å². The van der Waals surface area contributed by atoms with Crippen LogP contribution in [-0.4, -0.2) is 24.0 Å². The summed E-state index contributed by atoms with van der Waals surface area (Å²) in [6, 6.07) is 7.78. The van der Waals surface area contributed by atoms with Crippen LogP contribution in [0.15, 0.2) is 29.6 Å². The molecular formula is C16H21N3OS. The standard InChI is InChI=1S/C16H21N3OS/c1-3-8-17-9-7-16-19-15(11-21-16)13-5-4-6-14(10-13)18-12(2)20/h4-6,10-11,17H,3,7-9H2,1-2H3,(H,18,20). The molecule has 0 aliphatic carbocycles. The Labute approximate surface area is 129 Å². The van der Waals surface area contributed by atoms with Crippen molar-refractivity contribution >= 4 is 22.9 Å². The predicted octanol–water partition coefficient (Wildman–Crippen LogP) is 3.31. The van der Waals surface area contributed by atoms with E-state index >= 15 is 0 Å². The third kappa shape index (κ3) is 4.95. The maximum absolute atomic E-state index is 11.1. The Balaban J connectivity index is 2.01. The molecule has 1 amide bonds. The van der Waals surface area contributed by atoms with Gasteiger partial charge in [0.1, 0.15) is 0 Å². The zero-order valence-corrected chi connectivity index (χ0v) is 13.3. The number of carbonyl (C=O) groups is 1. The summed E-state index contributed by atoms with van der Waals surface area (Å²) < 4.78 is 0. The quantitative estimate of drug-likeness (QED) is 0.772. The van der Waals surface area contributed by atoms with E-state index in [-0.39, 0.29) is 5.91 Å². The van der Waals surface area contributed by atoms with E-state index < -0.39 is 0 Å². The van der Waals surface area contributed by atoms with Crippen molar-refractivity contribution in [1.29, 1.82) is 0 Å². The second-order valence-electron chi connectivity index (χ2n) is 4.89. The van der Waals surface area contributed by atoms with Gasteiger partial charge in [0.2, 0.25) is 5.91 Å². The number of benzene rings is 1. The van der Waals surface area contributed by atoms with Crippen LogP contribution in [0.2, 0.25) is 0 Å². The Morgan fingerprint density at radius 1 is 1.33 bits per heavy atom. The first-order chi connectivity index (χ1) is 10.2. The largest absolute Gasteiger partial charge is 0.326 e. The predicted molar refractivity (Wildman–Crippen MR) is 88.7 cm³/mol. The van der Waals surface area contributed by atoms with E-state index in [4.69, 9.17) is 0 Å². The van der Waals surface area contributed by atoms with Crippen LogP contribution in [0.1, 0.15) is 25.3 Å². The molecule has 0 spiro atoms. The Morgan fingerprint density at radius 3 is 2.95 bits per heavy atom. The lowest BCUT2D eigenvalue weighted by atomic mass is 10.1. The highest BCUT2D eigenvalue weighted by Crippen LogP contribution is 2.24. The van der Waals surface area contributed by atoms with Gasteiger partial charge in [-0.3, -0.25) is 4.79 Å². The summed E-state index contributed by atoms with van der Waals surface area (Å²) in [5.74, 6) is -0.0619. The smallest absolute Gasteiger partial charge is 0.221 e. The fourth-order valence-electron chi connectivity index (χ4n) is 2.01. The van der Waals surface area contributed by atoms with Crippen LogP contribution in [0, 0.1) is 0 Å². The van der Waals surface area contributed by atoms with E-state index in [2.05, 4.69) is 27.9 Å². The van der Waals surface area contributed by atoms with Gasteiger partial charge in [-0.05, 0) is 25.1 Å². The number of rotatable bonds is 7. The van der Waals surface area contributed by atoms with E-state index in [0.29, 0.717) is 0 Å². The summed E-state index contributed by atoms with van der Waals surface area (Å²) in [5.41, 5.74) is 2.81. The maximum Gasteiger partial charge on any atom is 0.221 e. The van der Waals surface area contributed by atoms with Crippen molar-refractivity contribution in [2.24, 2.45) is 0 Å². The van der Waals surface area contributed by atoms with Gasteiger partial charge in [-0.2, -0.15) is 0 Å². The summed E-state index contributed by atoms with van der Waals surface area (Å²) in [6.45, 7) is 5.69. The molecule has 2 rings (SSSR count). The Hall–Kier alpha value is -1.72. The van der Waals surface area contributed by atoms with Crippen LogP contribution in [0.25, 0.3) is 11.3 Å². The number of nitrogens with zero attached hydrogens (tertiary/aromatic N) is 1. The van der Waals surface area contributed by atoms with Gasteiger partial charge in [-0.15, -0.1) is 11.3 Å². The molecule has 0 saturated heterocycles. The van der Waals surface area contributed by atoms with Gasteiger partial charge >= 0.3 is 0 Å². The topological polar surface area (TPSA) is 54.0 Å². The molecule has 0 bridgehead atoms. The van der Waals surface area contributed by atoms with Gasteiger partial charge < -0.3 is 10.6 Å². The molecule has 4 nitrogen and oxygen atoms in total. The van der Waals surface area contributed by atoms with Crippen LogP contribution < -0.4 is 10.6 Å². The zero-order valence-electron chi connectivity index (χ0n) is 12.5. The van der Waals surface area contributed by atoms with Crippen LogP contribution >= 0.6 is 11.3 Å². The summed E-state index contributed by atoms with van der Waals surface area (Å²) in [4.78, 5) is 15.8. The first kappa shape index (κ1) is 15.7. The minimum atomic E-state index is -0.0619. The first-order valence-corrected chi connectivity index (χ1v) is 8.10. The van der Waals surface area contributed by atoms with E-state index in [1.54, 1.807) is 11.3 Å². The lowest BCUT2D eigenvalue weighted by molar-refractivity contribution is -0.114. The van der Waals surface area contributed by atoms with Gasteiger partial charge in [0.15, 0.2) is 0 Å². The van der Waals surface area contributed by atoms with E-state index in [1.165, 1.54) is 6.92 Å². The molecule has 5 heteroatoms. The summed E-state index contributed by atoms with van der Waals surface area (Å²) in [7, 11) is 0. The van der Waals surface area contributed by atoms with Crippen molar-refractivity contribution in [3.63, 3.8) is 0 Å². The summed E-state index contributed by atoms with van der Waals surface area (Å²) >= 11 is 1.68. The number of thiazole rings is 1. The number of nitrogens with one attached hydrogen (secondary N) is 2. The molecule has 0 aliphatic rings. The van der Waals surface area contributed by atoms with Crippen LogP contribution in [0.4, 0.5) is 5.69 Å². The molecule has 2 aromatic rings. The van der Waals surface area contributed by atoms with Crippen LogP contribution in [0.3, 0.4) is 0 Å². The second kappa shape index (κ2) is 7.90. The van der Waals surface area contributed by atoms with Crippen molar-refractivity contribution in [2.75, 3.05) is 18.4 Å². The molecule has 0 aliphatic heterocycles. The van der Waals surface area contributed by atoms with Crippen molar-refractivity contribution in [1.82, 2.24) is 10.3 Å². The zero-order chi connectivity index (χ0) is 15.1. The van der Waals surface area contributed by atoms with Crippen LogP contribution in [0.5, 0.6) is 0 Å². The van der Waals surface area contributed by atoms with Gasteiger partial charge in [0.25, 0.3) is 0 Å². The molecule has 2 N–H and O–H groups in total. The lowest BCUT2D eigenvalue weighted by Crippen LogP contribution is -2.17. The van der Waals surface area contributed by atoms with Crippen molar-refractivity contribution in [3.8, 4) is 11.3 Å². The lowest BCUT2D eigenvalue weighted by Gasteiger charge is -2.03. The van der Waals surface area contributed by atoms with Crippen molar-refractivity contribution < 1.29 is 4.79 Å². The molecular weight excluding hydrogens is 282 g/mol. The number of anilines is 1. The molecule has 0 unspecified atom stereocenters. The summed E-state index contributed by atoms with van der Waals surface area (Å²) in [5, 5.41) is 9.39. The molecule has 0 fully saturated rings. The third-order valence-electron chi connectivity index (χ3n) is 2.97. The molecule has 0 radical (unpaired) electrons. The van der Waals surface area contributed by atoms with Crippen molar-refractivity contribution in [3.05, 3.63) is 34.7 Å². The molecule has 1 aromatic carbocycles. The molecule has 21 heavy (non-hydrogen) atoms. The second-order valence-corrected chi connectivity index (χ2v) is 5.83. The van der Waals surface area contributed by atoms with E-state index in [9.17, 15) is 4.79 Å². The molecule has 1 heterocycles. The monoisotopic (exact) mass is 303 g/mol. The SMILES string of the molecule is CCCNCCc1nc(-c2cccc(NC(C)=O)c2)cs1. The third-order valence-corrected chi connectivity index (χ3v) is 3.88. The van der Waals surface area contributed by atoms with Crippen LogP contribution in [-0.2, 0) is 11.2 Å². The van der Waals surface area contributed by atoms with E-state index in [0.717, 1.165) is 47.9 Å². The number of amides is 1. The number of aromatic nitrogens is 1. The van der Waals surface area contributed by atoms with Gasteiger partial charge in [0.05, 0.1) is 10.7 Å². The molecule has 1 aromatic heterocycles. The normalized spacial score (nSPS) is 10.6. The van der Waals surface area contributed by atoms with Crippen molar-refractivity contribution in [2.45, 2.75) is 26.7 Å². The minimum Gasteiger partial charge on any atom is -0.326 e. The Bertz CT molecular complexity index is 595.